The summed E-state index contributed by atoms with van der Waals surface area (Å²) in [7, 11) is 0. The molecule has 0 spiro atoms. The first-order valence-electron chi connectivity index (χ1n) is 3.26. The van der Waals surface area contributed by atoms with E-state index in [4.69, 9.17) is 11.6 Å². The van der Waals surface area contributed by atoms with Gasteiger partial charge in [0.2, 0.25) is 0 Å². The molecule has 0 aliphatic carbocycles. The van der Waals surface area contributed by atoms with Crippen LogP contribution in [0.4, 0.5) is 13.2 Å². The summed E-state index contributed by atoms with van der Waals surface area (Å²) < 4.78 is 36.6. The number of hydrogen-bond acceptors (Lipinski definition) is 0. The van der Waals surface area contributed by atoms with Crippen molar-refractivity contribution in [2.24, 2.45) is 5.41 Å². The van der Waals surface area contributed by atoms with Crippen molar-refractivity contribution in [1.82, 2.24) is 0 Å². The summed E-state index contributed by atoms with van der Waals surface area (Å²) in [5, 5.41) is 0. The summed E-state index contributed by atoms with van der Waals surface area (Å²) in [4.78, 5) is -2.15. The molecule has 0 fully saturated rings. The Balaban J connectivity index is 4.75. The van der Waals surface area contributed by atoms with Gasteiger partial charge < -0.3 is 0 Å². The molecule has 0 aliphatic rings. The van der Waals surface area contributed by atoms with Crippen LogP contribution in [0.5, 0.6) is 0 Å². The summed E-state index contributed by atoms with van der Waals surface area (Å²) in [6.45, 7) is 5.39. The van der Waals surface area contributed by atoms with E-state index in [2.05, 4.69) is 0 Å². The fourth-order valence-electron chi connectivity index (χ4n) is 0.425. The Morgan fingerprint density at radius 3 is 1.18 bits per heavy atom. The largest absolute Gasteiger partial charge is 0.407 e. The maximum absolute atomic E-state index is 12.2. The standard InChI is InChI=1S/C7H12ClF3/c1-5(2,3)6(4,8)7(9,10)11/h1-4H3. The van der Waals surface area contributed by atoms with Crippen LogP contribution in [0.25, 0.3) is 0 Å². The Labute approximate surface area is 69.7 Å². The molecule has 0 amide bonds. The zero-order valence-corrected chi connectivity index (χ0v) is 7.77. The van der Waals surface area contributed by atoms with Crippen LogP contribution in [0.1, 0.15) is 27.7 Å². The molecule has 0 bridgehead atoms. The van der Waals surface area contributed by atoms with Gasteiger partial charge in [0, 0.05) is 0 Å². The van der Waals surface area contributed by atoms with Gasteiger partial charge >= 0.3 is 6.18 Å². The predicted molar refractivity (Wildman–Crippen MR) is 39.8 cm³/mol. The van der Waals surface area contributed by atoms with Gasteiger partial charge in [-0.2, -0.15) is 13.2 Å². The first-order valence-corrected chi connectivity index (χ1v) is 3.63. The van der Waals surface area contributed by atoms with Gasteiger partial charge in [-0.25, -0.2) is 0 Å². The van der Waals surface area contributed by atoms with Crippen molar-refractivity contribution in [3.05, 3.63) is 0 Å². The van der Waals surface area contributed by atoms with Crippen LogP contribution in [0.15, 0.2) is 0 Å². The maximum Gasteiger partial charge on any atom is 0.407 e. The molecule has 68 valence electrons. The summed E-state index contributed by atoms with van der Waals surface area (Å²) in [6.07, 6.45) is -4.35. The topological polar surface area (TPSA) is 0 Å². The van der Waals surface area contributed by atoms with Gasteiger partial charge in [-0.3, -0.25) is 0 Å². The van der Waals surface area contributed by atoms with Gasteiger partial charge in [0.1, 0.15) is 4.87 Å². The second-order valence-electron chi connectivity index (χ2n) is 3.75. The Bertz CT molecular complexity index is 125. The molecule has 0 nitrogen and oxygen atoms in total. The summed E-state index contributed by atoms with van der Waals surface area (Å²) in [6, 6.07) is 0. The molecular weight excluding hydrogens is 177 g/mol. The van der Waals surface area contributed by atoms with Crippen LogP contribution < -0.4 is 0 Å². The van der Waals surface area contributed by atoms with E-state index in [0.717, 1.165) is 6.92 Å². The zero-order valence-electron chi connectivity index (χ0n) is 7.01. The highest BCUT2D eigenvalue weighted by atomic mass is 35.5. The first kappa shape index (κ1) is 11.1. The first-order chi connectivity index (χ1) is 4.50. The highest BCUT2D eigenvalue weighted by molar-refractivity contribution is 6.24. The fraction of sp³-hybridized carbons (Fsp3) is 1.00. The van der Waals surface area contributed by atoms with E-state index >= 15 is 0 Å². The third-order valence-electron chi connectivity index (χ3n) is 1.94. The highest BCUT2D eigenvalue weighted by Gasteiger charge is 2.56. The molecule has 0 aromatic heterocycles. The van der Waals surface area contributed by atoms with E-state index in [1.54, 1.807) is 0 Å². The molecule has 0 aromatic carbocycles. The number of alkyl halides is 4. The van der Waals surface area contributed by atoms with Crippen molar-refractivity contribution in [1.29, 1.82) is 0 Å². The molecule has 0 radical (unpaired) electrons. The molecule has 0 aliphatic heterocycles. The van der Waals surface area contributed by atoms with Crippen molar-refractivity contribution in [2.45, 2.75) is 38.7 Å². The minimum absolute atomic E-state index is 0.979. The summed E-state index contributed by atoms with van der Waals surface area (Å²) in [5.74, 6) is 0. The minimum atomic E-state index is -4.35. The van der Waals surface area contributed by atoms with E-state index in [9.17, 15) is 13.2 Å². The fourth-order valence-corrected chi connectivity index (χ4v) is 0.425. The van der Waals surface area contributed by atoms with E-state index in [0.29, 0.717) is 0 Å². The van der Waals surface area contributed by atoms with Crippen molar-refractivity contribution < 1.29 is 13.2 Å². The van der Waals surface area contributed by atoms with Crippen LogP contribution in [0.2, 0.25) is 0 Å². The zero-order chi connectivity index (χ0) is 9.50. The van der Waals surface area contributed by atoms with Crippen molar-refractivity contribution in [2.75, 3.05) is 0 Å². The van der Waals surface area contributed by atoms with Crippen molar-refractivity contribution >= 4 is 11.6 Å². The quantitative estimate of drug-likeness (QED) is 0.510. The second kappa shape index (κ2) is 2.54. The highest BCUT2D eigenvalue weighted by Crippen LogP contribution is 2.47. The number of hydrogen-bond donors (Lipinski definition) is 0. The average Bonchev–Trinajstić information content (AvgIpc) is 1.58. The normalized spacial score (nSPS) is 19.6. The molecule has 0 rings (SSSR count). The molecule has 11 heavy (non-hydrogen) atoms. The van der Waals surface area contributed by atoms with Crippen molar-refractivity contribution in [3.8, 4) is 0 Å². The lowest BCUT2D eigenvalue weighted by atomic mass is 9.81. The molecule has 4 heteroatoms. The van der Waals surface area contributed by atoms with Crippen LogP contribution >= 0.6 is 11.6 Å². The number of halogens is 4. The van der Waals surface area contributed by atoms with Gasteiger partial charge in [0.15, 0.2) is 0 Å². The maximum atomic E-state index is 12.2. The Morgan fingerprint density at radius 2 is 1.18 bits per heavy atom. The van der Waals surface area contributed by atoms with E-state index in [-0.39, 0.29) is 0 Å². The van der Waals surface area contributed by atoms with Crippen LogP contribution in [-0.4, -0.2) is 11.1 Å². The summed E-state index contributed by atoms with van der Waals surface area (Å²) >= 11 is 5.36. The molecule has 1 unspecified atom stereocenters. The molecule has 1 atom stereocenters. The smallest absolute Gasteiger partial charge is 0.169 e. The minimum Gasteiger partial charge on any atom is -0.169 e. The Kier molecular flexibility index (Phi) is 2.56. The van der Waals surface area contributed by atoms with E-state index < -0.39 is 16.5 Å². The SMILES string of the molecule is CC(C)(C)C(C)(Cl)C(F)(F)F. The van der Waals surface area contributed by atoms with Crippen LogP contribution in [-0.2, 0) is 0 Å². The second-order valence-corrected chi connectivity index (χ2v) is 4.51. The molecule has 0 aromatic rings. The molecule has 0 saturated carbocycles. The lowest BCUT2D eigenvalue weighted by molar-refractivity contribution is -0.180. The van der Waals surface area contributed by atoms with Gasteiger partial charge in [-0.15, -0.1) is 11.6 Å². The van der Waals surface area contributed by atoms with E-state index in [1.165, 1.54) is 20.8 Å². The number of rotatable bonds is 0. The van der Waals surface area contributed by atoms with E-state index in [1.807, 2.05) is 0 Å². The third-order valence-corrected chi connectivity index (χ3v) is 2.72. The molecular formula is C7H12ClF3. The van der Waals surface area contributed by atoms with Gasteiger partial charge in [-0.05, 0) is 12.3 Å². The van der Waals surface area contributed by atoms with Crippen molar-refractivity contribution in [3.63, 3.8) is 0 Å². The lowest BCUT2D eigenvalue weighted by Crippen LogP contribution is -2.47. The predicted octanol–water partition coefficient (Wildman–Crippen LogP) is 3.59. The molecule has 0 heterocycles. The van der Waals surface area contributed by atoms with Gasteiger partial charge in [0.05, 0.1) is 0 Å². The Morgan fingerprint density at radius 1 is 0.909 bits per heavy atom. The van der Waals surface area contributed by atoms with Crippen LogP contribution in [0.3, 0.4) is 0 Å². The average molecular weight is 189 g/mol. The summed E-state index contributed by atoms with van der Waals surface area (Å²) in [5.41, 5.74) is -0.979. The van der Waals surface area contributed by atoms with Gasteiger partial charge in [-0.1, -0.05) is 20.8 Å². The lowest BCUT2D eigenvalue weighted by Gasteiger charge is -2.37. The monoisotopic (exact) mass is 188 g/mol. The third kappa shape index (κ3) is 2.01. The molecule has 0 saturated heterocycles. The Hall–Kier alpha value is 0.0800. The molecule has 0 N–H and O–H groups in total. The van der Waals surface area contributed by atoms with Gasteiger partial charge in [0.25, 0.3) is 0 Å². The van der Waals surface area contributed by atoms with Crippen LogP contribution in [0, 0.1) is 5.41 Å².